The lowest BCUT2D eigenvalue weighted by molar-refractivity contribution is 0.870. The third-order valence-electron chi connectivity index (χ3n) is 1.93. The Bertz CT molecular complexity index is 305. The van der Waals surface area contributed by atoms with Gasteiger partial charge < -0.3 is 5.32 Å². The average Bonchev–Trinajstić information content (AvgIpc) is 1.98. The molecule has 0 amide bonds. The summed E-state index contributed by atoms with van der Waals surface area (Å²) < 4.78 is 0. The summed E-state index contributed by atoms with van der Waals surface area (Å²) in [5.41, 5.74) is 2.19. The number of nitrogens with zero attached hydrogens (tertiary/aromatic N) is 2. The normalized spacial score (nSPS) is 10.6. The van der Waals surface area contributed by atoms with Gasteiger partial charge in [-0.25, -0.2) is 9.97 Å². The highest BCUT2D eigenvalue weighted by atomic mass is 15.0. The topological polar surface area (TPSA) is 37.8 Å². The largest absolute Gasteiger partial charge is 0.368 e. The summed E-state index contributed by atoms with van der Waals surface area (Å²) in [5, 5.41) is 3.30. The molecule has 0 radical (unpaired) electrons. The van der Waals surface area contributed by atoms with Crippen LogP contribution in [0.15, 0.2) is 0 Å². The summed E-state index contributed by atoms with van der Waals surface area (Å²) in [4.78, 5) is 8.64. The fraction of sp³-hybridized carbons (Fsp3) is 0.600. The highest BCUT2D eigenvalue weighted by Crippen LogP contribution is 2.14. The Morgan fingerprint density at radius 2 is 1.69 bits per heavy atom. The van der Waals surface area contributed by atoms with Crippen molar-refractivity contribution in [2.24, 2.45) is 0 Å². The van der Waals surface area contributed by atoms with E-state index in [9.17, 15) is 0 Å². The molecule has 0 aliphatic heterocycles. The summed E-state index contributed by atoms with van der Waals surface area (Å²) in [6.45, 7) is 10.2. The Labute approximate surface area is 79.6 Å². The van der Waals surface area contributed by atoms with Gasteiger partial charge in [-0.15, -0.1) is 0 Å². The summed E-state index contributed by atoms with van der Waals surface area (Å²) in [6.07, 6.45) is 0. The van der Waals surface area contributed by atoms with Crippen molar-refractivity contribution in [1.29, 1.82) is 0 Å². The van der Waals surface area contributed by atoms with Gasteiger partial charge in [0.2, 0.25) is 0 Å². The molecule has 3 nitrogen and oxygen atoms in total. The molecule has 1 aromatic heterocycles. The second-order valence-electron chi connectivity index (χ2n) is 3.63. The predicted molar refractivity (Wildman–Crippen MR) is 55.0 cm³/mol. The van der Waals surface area contributed by atoms with E-state index in [-0.39, 0.29) is 0 Å². The number of hydrogen-bond acceptors (Lipinski definition) is 3. The Balaban J connectivity index is 3.05. The molecule has 0 bridgehead atoms. The molecule has 0 atom stereocenters. The van der Waals surface area contributed by atoms with Crippen LogP contribution in [0.5, 0.6) is 0 Å². The summed E-state index contributed by atoms with van der Waals surface area (Å²) in [5.74, 6) is 1.78. The SMILES string of the molecule is Cc1nc(C)c(C)c(NC(C)C)n1. The van der Waals surface area contributed by atoms with Gasteiger partial charge in [0.25, 0.3) is 0 Å². The van der Waals surface area contributed by atoms with Gasteiger partial charge in [-0.05, 0) is 34.6 Å². The summed E-state index contributed by atoms with van der Waals surface area (Å²) >= 11 is 0. The van der Waals surface area contributed by atoms with E-state index < -0.39 is 0 Å². The fourth-order valence-electron chi connectivity index (χ4n) is 1.18. The van der Waals surface area contributed by atoms with Crippen LogP contribution in [0.1, 0.15) is 30.9 Å². The zero-order chi connectivity index (χ0) is 10.0. The highest BCUT2D eigenvalue weighted by molar-refractivity contribution is 5.45. The Morgan fingerprint density at radius 3 is 2.23 bits per heavy atom. The van der Waals surface area contributed by atoms with Gasteiger partial charge in [0.05, 0.1) is 0 Å². The van der Waals surface area contributed by atoms with Crippen LogP contribution >= 0.6 is 0 Å². The Hall–Kier alpha value is -1.12. The van der Waals surface area contributed by atoms with E-state index in [0.29, 0.717) is 6.04 Å². The van der Waals surface area contributed by atoms with Crippen molar-refractivity contribution >= 4 is 5.82 Å². The van der Waals surface area contributed by atoms with Crippen LogP contribution < -0.4 is 5.32 Å². The minimum atomic E-state index is 0.410. The molecule has 1 rings (SSSR count). The van der Waals surface area contributed by atoms with Crippen molar-refractivity contribution in [3.05, 3.63) is 17.1 Å². The molecular formula is C10H17N3. The van der Waals surface area contributed by atoms with E-state index >= 15 is 0 Å². The minimum absolute atomic E-state index is 0.410. The van der Waals surface area contributed by atoms with Crippen LogP contribution in [0.25, 0.3) is 0 Å². The maximum atomic E-state index is 4.35. The highest BCUT2D eigenvalue weighted by Gasteiger charge is 2.05. The van der Waals surface area contributed by atoms with Crippen LogP contribution in [0, 0.1) is 20.8 Å². The third-order valence-corrected chi connectivity index (χ3v) is 1.93. The molecule has 1 aromatic rings. The van der Waals surface area contributed by atoms with Crippen LogP contribution in [0.2, 0.25) is 0 Å². The van der Waals surface area contributed by atoms with Gasteiger partial charge in [0, 0.05) is 17.3 Å². The maximum absolute atomic E-state index is 4.35. The van der Waals surface area contributed by atoms with Gasteiger partial charge in [-0.3, -0.25) is 0 Å². The second kappa shape index (κ2) is 3.73. The van der Waals surface area contributed by atoms with E-state index in [1.165, 1.54) is 0 Å². The van der Waals surface area contributed by atoms with Crippen LogP contribution in [-0.4, -0.2) is 16.0 Å². The molecular weight excluding hydrogens is 162 g/mol. The van der Waals surface area contributed by atoms with Crippen molar-refractivity contribution in [1.82, 2.24) is 9.97 Å². The summed E-state index contributed by atoms with van der Waals surface area (Å²) in [7, 11) is 0. The number of rotatable bonds is 2. The first kappa shape index (κ1) is 9.96. The molecule has 0 aromatic carbocycles. The van der Waals surface area contributed by atoms with E-state index in [1.54, 1.807) is 0 Å². The van der Waals surface area contributed by atoms with Gasteiger partial charge in [0.15, 0.2) is 0 Å². The van der Waals surface area contributed by atoms with E-state index in [0.717, 1.165) is 22.9 Å². The van der Waals surface area contributed by atoms with Crippen LogP contribution in [-0.2, 0) is 0 Å². The molecule has 13 heavy (non-hydrogen) atoms. The molecule has 0 spiro atoms. The molecule has 0 saturated carbocycles. The summed E-state index contributed by atoms with van der Waals surface area (Å²) in [6, 6.07) is 0.410. The fourth-order valence-corrected chi connectivity index (χ4v) is 1.18. The van der Waals surface area contributed by atoms with Crippen molar-refractivity contribution in [2.45, 2.75) is 40.7 Å². The van der Waals surface area contributed by atoms with Crippen molar-refractivity contribution in [3.8, 4) is 0 Å². The minimum Gasteiger partial charge on any atom is -0.368 e. The molecule has 0 saturated heterocycles. The van der Waals surface area contributed by atoms with Gasteiger partial charge >= 0.3 is 0 Å². The monoisotopic (exact) mass is 179 g/mol. The molecule has 0 fully saturated rings. The first-order valence-corrected chi connectivity index (χ1v) is 4.59. The number of aryl methyl sites for hydroxylation is 2. The first-order chi connectivity index (χ1) is 6.00. The number of hydrogen-bond donors (Lipinski definition) is 1. The third kappa shape index (κ3) is 2.41. The van der Waals surface area contributed by atoms with Crippen LogP contribution in [0.3, 0.4) is 0 Å². The second-order valence-corrected chi connectivity index (χ2v) is 3.63. The quantitative estimate of drug-likeness (QED) is 0.756. The zero-order valence-corrected chi connectivity index (χ0v) is 8.97. The molecule has 1 N–H and O–H groups in total. The van der Waals surface area contributed by atoms with Crippen molar-refractivity contribution < 1.29 is 0 Å². The number of aromatic nitrogens is 2. The molecule has 0 aliphatic carbocycles. The maximum Gasteiger partial charge on any atom is 0.133 e. The lowest BCUT2D eigenvalue weighted by atomic mass is 10.2. The van der Waals surface area contributed by atoms with Crippen LogP contribution in [0.4, 0.5) is 5.82 Å². The Morgan fingerprint density at radius 1 is 1.08 bits per heavy atom. The standard InChI is InChI=1S/C10H17N3/c1-6(2)11-10-7(3)8(4)12-9(5)13-10/h6H,1-5H3,(H,11,12,13). The molecule has 3 heteroatoms. The smallest absolute Gasteiger partial charge is 0.133 e. The van der Waals surface area contributed by atoms with Crippen molar-refractivity contribution in [3.63, 3.8) is 0 Å². The molecule has 0 unspecified atom stereocenters. The lowest BCUT2D eigenvalue weighted by Crippen LogP contribution is -2.14. The average molecular weight is 179 g/mol. The number of nitrogens with one attached hydrogen (secondary N) is 1. The molecule has 1 heterocycles. The van der Waals surface area contributed by atoms with E-state index in [4.69, 9.17) is 0 Å². The predicted octanol–water partition coefficient (Wildman–Crippen LogP) is 2.22. The van der Waals surface area contributed by atoms with Gasteiger partial charge in [-0.1, -0.05) is 0 Å². The number of anilines is 1. The van der Waals surface area contributed by atoms with E-state index in [1.807, 2.05) is 20.8 Å². The van der Waals surface area contributed by atoms with Gasteiger partial charge in [0.1, 0.15) is 11.6 Å². The molecule has 72 valence electrons. The lowest BCUT2D eigenvalue weighted by Gasteiger charge is -2.13. The first-order valence-electron chi connectivity index (χ1n) is 4.59. The van der Waals surface area contributed by atoms with Gasteiger partial charge in [-0.2, -0.15) is 0 Å². The molecule has 0 aliphatic rings. The Kier molecular flexibility index (Phi) is 2.86. The van der Waals surface area contributed by atoms with E-state index in [2.05, 4.69) is 29.1 Å². The van der Waals surface area contributed by atoms with Crippen molar-refractivity contribution in [2.75, 3.05) is 5.32 Å². The zero-order valence-electron chi connectivity index (χ0n) is 8.97.